The molecule has 0 radical (unpaired) electrons. The molecule has 1 atom stereocenters. The molecule has 1 aliphatic heterocycles. The van der Waals surface area contributed by atoms with Crippen LogP contribution in [0.25, 0.3) is 0 Å². The number of nitrogens with zero attached hydrogens (tertiary/aromatic N) is 2. The molecule has 7 heteroatoms. The van der Waals surface area contributed by atoms with Crippen molar-refractivity contribution in [2.24, 2.45) is 0 Å². The first-order chi connectivity index (χ1) is 9.52. The van der Waals surface area contributed by atoms with E-state index in [9.17, 15) is 8.42 Å². The zero-order valence-corrected chi connectivity index (χ0v) is 13.3. The number of thiazole rings is 1. The minimum atomic E-state index is -2.81. The molecular weight excluding hydrogens is 294 g/mol. The normalized spacial score (nSPS) is 25.4. The van der Waals surface area contributed by atoms with Gasteiger partial charge in [-0.25, -0.2) is 13.4 Å². The minimum absolute atomic E-state index is 0.148. The van der Waals surface area contributed by atoms with Gasteiger partial charge in [-0.15, -0.1) is 11.3 Å². The molecule has 112 valence electrons. The highest BCUT2D eigenvalue weighted by atomic mass is 32.2. The maximum absolute atomic E-state index is 11.5. The van der Waals surface area contributed by atoms with Gasteiger partial charge in [0.2, 0.25) is 0 Å². The van der Waals surface area contributed by atoms with Gasteiger partial charge >= 0.3 is 0 Å². The summed E-state index contributed by atoms with van der Waals surface area (Å²) >= 11 is 1.69. The number of aromatic nitrogens is 1. The first kappa shape index (κ1) is 14.4. The van der Waals surface area contributed by atoms with Crippen molar-refractivity contribution in [3.8, 4) is 0 Å². The van der Waals surface area contributed by atoms with Gasteiger partial charge in [-0.05, 0) is 26.3 Å². The zero-order chi connectivity index (χ0) is 14.2. The molecule has 1 N–H and O–H groups in total. The highest BCUT2D eigenvalue weighted by molar-refractivity contribution is 7.91. The molecule has 2 aliphatic rings. The number of hydrogen-bond acceptors (Lipinski definition) is 6. The number of rotatable bonds is 6. The Kier molecular flexibility index (Phi) is 4.12. The van der Waals surface area contributed by atoms with E-state index >= 15 is 0 Å². The van der Waals surface area contributed by atoms with Crippen molar-refractivity contribution in [3.05, 3.63) is 16.1 Å². The zero-order valence-electron chi connectivity index (χ0n) is 11.7. The highest BCUT2D eigenvalue weighted by Crippen LogP contribution is 2.21. The third-order valence-corrected chi connectivity index (χ3v) is 6.61. The van der Waals surface area contributed by atoms with Gasteiger partial charge < -0.3 is 5.32 Å². The fraction of sp³-hybridized carbons (Fsp3) is 0.769. The maximum Gasteiger partial charge on any atom is 0.151 e. The molecule has 20 heavy (non-hydrogen) atoms. The van der Waals surface area contributed by atoms with E-state index < -0.39 is 9.84 Å². The van der Waals surface area contributed by atoms with E-state index in [0.717, 1.165) is 30.2 Å². The van der Waals surface area contributed by atoms with Gasteiger partial charge in [0.15, 0.2) is 9.84 Å². The van der Waals surface area contributed by atoms with Crippen LogP contribution < -0.4 is 5.32 Å². The Morgan fingerprint density at radius 3 is 2.90 bits per heavy atom. The number of hydrogen-bond donors (Lipinski definition) is 1. The summed E-state index contributed by atoms with van der Waals surface area (Å²) in [6.07, 6.45) is 3.33. The molecule has 0 amide bonds. The summed E-state index contributed by atoms with van der Waals surface area (Å²) in [5.41, 5.74) is 1.05. The quantitative estimate of drug-likeness (QED) is 0.849. The Balaban J connectivity index is 1.51. The van der Waals surface area contributed by atoms with Crippen molar-refractivity contribution in [3.63, 3.8) is 0 Å². The summed E-state index contributed by atoms with van der Waals surface area (Å²) in [5, 5.41) is 6.67. The van der Waals surface area contributed by atoms with E-state index in [2.05, 4.69) is 20.6 Å². The summed E-state index contributed by atoms with van der Waals surface area (Å²) in [4.78, 5) is 6.75. The largest absolute Gasteiger partial charge is 0.308 e. The second kappa shape index (κ2) is 5.71. The average Bonchev–Trinajstić information content (AvgIpc) is 3.00. The Bertz CT molecular complexity index is 566. The molecule has 1 saturated heterocycles. The van der Waals surface area contributed by atoms with E-state index in [-0.39, 0.29) is 6.04 Å². The first-order valence-corrected chi connectivity index (χ1v) is 9.79. The van der Waals surface area contributed by atoms with Crippen LogP contribution in [0.5, 0.6) is 0 Å². The molecule has 0 aromatic carbocycles. The van der Waals surface area contributed by atoms with Crippen LogP contribution in [0.4, 0.5) is 0 Å². The van der Waals surface area contributed by atoms with Gasteiger partial charge in [-0.3, -0.25) is 4.90 Å². The summed E-state index contributed by atoms with van der Waals surface area (Å²) in [6, 6.07) is 0.850. The SMILES string of the molecule is CN(Cc1csc(CNC2CC2)n1)C1CCS(=O)(=O)C1. The van der Waals surface area contributed by atoms with Crippen molar-refractivity contribution < 1.29 is 8.42 Å². The van der Waals surface area contributed by atoms with E-state index in [0.29, 0.717) is 17.5 Å². The molecule has 0 spiro atoms. The summed E-state index contributed by atoms with van der Waals surface area (Å²) < 4.78 is 23.0. The van der Waals surface area contributed by atoms with Gasteiger partial charge in [-0.1, -0.05) is 0 Å². The van der Waals surface area contributed by atoms with Crippen molar-refractivity contribution in [1.82, 2.24) is 15.2 Å². The van der Waals surface area contributed by atoms with Gasteiger partial charge in [0, 0.05) is 30.6 Å². The number of nitrogens with one attached hydrogen (secondary N) is 1. The van der Waals surface area contributed by atoms with Crippen LogP contribution in [0.3, 0.4) is 0 Å². The van der Waals surface area contributed by atoms with Crippen LogP contribution in [-0.4, -0.2) is 48.9 Å². The van der Waals surface area contributed by atoms with Crippen molar-refractivity contribution in [2.75, 3.05) is 18.6 Å². The molecule has 1 aromatic rings. The predicted molar refractivity (Wildman–Crippen MR) is 80.5 cm³/mol. The molecular formula is C13H21N3O2S2. The van der Waals surface area contributed by atoms with E-state index in [1.807, 2.05) is 7.05 Å². The Hall–Kier alpha value is -0.500. The van der Waals surface area contributed by atoms with Crippen LogP contribution in [0.15, 0.2) is 5.38 Å². The topological polar surface area (TPSA) is 62.3 Å². The third-order valence-electron chi connectivity index (χ3n) is 3.96. The lowest BCUT2D eigenvalue weighted by molar-refractivity contribution is 0.251. The van der Waals surface area contributed by atoms with Crippen LogP contribution >= 0.6 is 11.3 Å². The summed E-state index contributed by atoms with van der Waals surface area (Å²) in [5.74, 6) is 0.624. The summed E-state index contributed by atoms with van der Waals surface area (Å²) in [6.45, 7) is 1.59. The van der Waals surface area contributed by atoms with Crippen LogP contribution in [0, 0.1) is 0 Å². The standard InChI is InChI=1S/C13H21N3O2S2/c1-16(12-4-5-20(17,18)9-12)7-11-8-19-13(15-11)6-14-10-2-3-10/h8,10,12,14H,2-7,9H2,1H3. The number of sulfone groups is 1. The van der Waals surface area contributed by atoms with E-state index in [1.165, 1.54) is 12.8 Å². The van der Waals surface area contributed by atoms with Crippen molar-refractivity contribution >= 4 is 21.2 Å². The molecule has 5 nitrogen and oxygen atoms in total. The first-order valence-electron chi connectivity index (χ1n) is 7.09. The smallest absolute Gasteiger partial charge is 0.151 e. The molecule has 1 aromatic heterocycles. The lowest BCUT2D eigenvalue weighted by atomic mass is 10.2. The lowest BCUT2D eigenvalue weighted by Crippen LogP contribution is -2.32. The Labute approximate surface area is 124 Å². The third kappa shape index (κ3) is 3.78. The fourth-order valence-corrected chi connectivity index (χ4v) is 5.07. The van der Waals surface area contributed by atoms with Crippen LogP contribution in [0.1, 0.15) is 30.0 Å². The van der Waals surface area contributed by atoms with Gasteiger partial charge in [0.25, 0.3) is 0 Å². The summed E-state index contributed by atoms with van der Waals surface area (Å²) in [7, 11) is -0.815. The second-order valence-electron chi connectivity index (χ2n) is 5.86. The average molecular weight is 315 g/mol. The molecule has 1 saturated carbocycles. The monoisotopic (exact) mass is 315 g/mol. The minimum Gasteiger partial charge on any atom is -0.308 e. The Morgan fingerprint density at radius 1 is 1.45 bits per heavy atom. The van der Waals surface area contributed by atoms with Gasteiger partial charge in [0.1, 0.15) is 5.01 Å². The highest BCUT2D eigenvalue weighted by Gasteiger charge is 2.30. The molecule has 1 aliphatic carbocycles. The molecule has 2 fully saturated rings. The Morgan fingerprint density at radius 2 is 2.25 bits per heavy atom. The fourth-order valence-electron chi connectivity index (χ4n) is 2.53. The predicted octanol–water partition coefficient (Wildman–Crippen LogP) is 1.01. The van der Waals surface area contributed by atoms with Crippen LogP contribution in [-0.2, 0) is 22.9 Å². The maximum atomic E-state index is 11.5. The molecule has 2 heterocycles. The molecule has 0 bridgehead atoms. The lowest BCUT2D eigenvalue weighted by Gasteiger charge is -2.21. The van der Waals surface area contributed by atoms with E-state index in [1.54, 1.807) is 11.3 Å². The van der Waals surface area contributed by atoms with Crippen LogP contribution in [0.2, 0.25) is 0 Å². The van der Waals surface area contributed by atoms with Gasteiger partial charge in [0.05, 0.1) is 17.2 Å². The van der Waals surface area contributed by atoms with Crippen molar-refractivity contribution in [1.29, 1.82) is 0 Å². The van der Waals surface area contributed by atoms with Gasteiger partial charge in [-0.2, -0.15) is 0 Å². The second-order valence-corrected chi connectivity index (χ2v) is 9.03. The van der Waals surface area contributed by atoms with E-state index in [4.69, 9.17) is 0 Å². The molecule has 1 unspecified atom stereocenters. The van der Waals surface area contributed by atoms with Crippen molar-refractivity contribution in [2.45, 2.75) is 44.4 Å². The molecule has 3 rings (SSSR count).